The van der Waals surface area contributed by atoms with Crippen molar-refractivity contribution in [3.8, 4) is 11.5 Å². The van der Waals surface area contributed by atoms with Crippen molar-refractivity contribution in [2.75, 3.05) is 11.9 Å². The number of alkyl halides is 1. The van der Waals surface area contributed by atoms with Crippen molar-refractivity contribution < 1.29 is 28.2 Å². The van der Waals surface area contributed by atoms with Crippen molar-refractivity contribution in [3.63, 3.8) is 0 Å². The Kier molecular flexibility index (Phi) is 5.75. The zero-order valence-electron chi connectivity index (χ0n) is 9.95. The first-order valence-corrected chi connectivity index (χ1v) is 6.39. The maximum Gasteiger partial charge on any atom is 0.331 e. The lowest BCUT2D eigenvalue weighted by Gasteiger charge is -2.12. The number of hydrogen-bond donors (Lipinski definition) is 1. The molecule has 0 aliphatic heterocycles. The van der Waals surface area contributed by atoms with Crippen LogP contribution >= 0.6 is 15.9 Å². The SMILES string of the molecule is CCOc1ccc(F)c(O/C(=C/C(=O)O)CBr)c1F. The highest BCUT2D eigenvalue weighted by Gasteiger charge is 2.18. The smallest absolute Gasteiger partial charge is 0.331 e. The number of hydrogen-bond acceptors (Lipinski definition) is 3. The second-order valence-electron chi connectivity index (χ2n) is 3.31. The van der Waals surface area contributed by atoms with Crippen LogP contribution in [0.3, 0.4) is 0 Å². The van der Waals surface area contributed by atoms with E-state index in [1.165, 1.54) is 0 Å². The molecule has 0 aromatic heterocycles. The van der Waals surface area contributed by atoms with E-state index in [4.69, 9.17) is 14.6 Å². The Morgan fingerprint density at radius 3 is 2.68 bits per heavy atom. The van der Waals surface area contributed by atoms with Crippen LogP contribution in [0.15, 0.2) is 24.0 Å². The highest BCUT2D eigenvalue weighted by atomic mass is 79.9. The Labute approximate surface area is 116 Å². The third-order valence-corrected chi connectivity index (χ3v) is 2.52. The van der Waals surface area contributed by atoms with Crippen LogP contribution in [0.25, 0.3) is 0 Å². The zero-order chi connectivity index (χ0) is 14.4. The summed E-state index contributed by atoms with van der Waals surface area (Å²) in [7, 11) is 0. The monoisotopic (exact) mass is 336 g/mol. The van der Waals surface area contributed by atoms with Gasteiger partial charge in [-0.25, -0.2) is 9.18 Å². The number of aliphatic carboxylic acids is 1. The standard InChI is InChI=1S/C12H11BrF2O4/c1-2-18-9-4-3-8(14)12(11(9)15)19-7(6-13)5-10(16)17/h3-5H,2,6H2,1H3,(H,16,17)/b7-5+. The van der Waals surface area contributed by atoms with E-state index < -0.39 is 23.4 Å². The van der Waals surface area contributed by atoms with Crippen LogP contribution in [-0.2, 0) is 4.79 Å². The van der Waals surface area contributed by atoms with Gasteiger partial charge < -0.3 is 14.6 Å². The van der Waals surface area contributed by atoms with Gasteiger partial charge in [0.15, 0.2) is 11.6 Å². The van der Waals surface area contributed by atoms with E-state index in [0.717, 1.165) is 12.1 Å². The van der Waals surface area contributed by atoms with Crippen LogP contribution in [0.2, 0.25) is 0 Å². The summed E-state index contributed by atoms with van der Waals surface area (Å²) in [6, 6.07) is 2.12. The Balaban J connectivity index is 3.12. The van der Waals surface area contributed by atoms with Gasteiger partial charge >= 0.3 is 5.97 Å². The lowest BCUT2D eigenvalue weighted by molar-refractivity contribution is -0.131. The molecular weight excluding hydrogens is 326 g/mol. The van der Waals surface area contributed by atoms with Crippen LogP contribution in [0.1, 0.15) is 6.92 Å². The van der Waals surface area contributed by atoms with Crippen molar-refractivity contribution in [1.29, 1.82) is 0 Å². The minimum atomic E-state index is -1.28. The first-order valence-electron chi connectivity index (χ1n) is 5.27. The summed E-state index contributed by atoms with van der Waals surface area (Å²) < 4.78 is 37.3. The molecule has 19 heavy (non-hydrogen) atoms. The Morgan fingerprint density at radius 2 is 2.16 bits per heavy atom. The largest absolute Gasteiger partial charge is 0.491 e. The molecule has 1 aromatic rings. The number of benzene rings is 1. The fourth-order valence-electron chi connectivity index (χ4n) is 1.24. The van der Waals surface area contributed by atoms with Gasteiger partial charge in [-0.15, -0.1) is 0 Å². The van der Waals surface area contributed by atoms with Gasteiger partial charge in [-0.1, -0.05) is 15.9 Å². The van der Waals surface area contributed by atoms with E-state index in [0.29, 0.717) is 6.08 Å². The predicted octanol–water partition coefficient (Wildman–Crippen LogP) is 3.11. The lowest BCUT2D eigenvalue weighted by Crippen LogP contribution is -2.05. The van der Waals surface area contributed by atoms with Crippen molar-refractivity contribution in [2.45, 2.75) is 6.92 Å². The van der Waals surface area contributed by atoms with Crippen LogP contribution in [0.5, 0.6) is 11.5 Å². The molecule has 0 aliphatic carbocycles. The number of ether oxygens (including phenoxy) is 2. The van der Waals surface area contributed by atoms with Crippen molar-refractivity contribution in [1.82, 2.24) is 0 Å². The van der Waals surface area contributed by atoms with Crippen LogP contribution < -0.4 is 9.47 Å². The Hall–Kier alpha value is -1.63. The molecule has 0 saturated carbocycles. The van der Waals surface area contributed by atoms with Crippen molar-refractivity contribution in [3.05, 3.63) is 35.6 Å². The van der Waals surface area contributed by atoms with E-state index in [1.54, 1.807) is 6.92 Å². The quantitative estimate of drug-likeness (QED) is 0.492. The van der Waals surface area contributed by atoms with Gasteiger partial charge in [0, 0.05) is 0 Å². The average Bonchev–Trinajstić information content (AvgIpc) is 2.36. The highest BCUT2D eigenvalue weighted by Crippen LogP contribution is 2.31. The van der Waals surface area contributed by atoms with E-state index in [-0.39, 0.29) is 23.4 Å². The van der Waals surface area contributed by atoms with E-state index in [1.807, 2.05) is 0 Å². The molecular formula is C12H11BrF2O4. The fourth-order valence-corrected chi connectivity index (χ4v) is 1.52. The fraction of sp³-hybridized carbons (Fsp3) is 0.250. The van der Waals surface area contributed by atoms with Crippen LogP contribution in [0, 0.1) is 11.6 Å². The summed E-state index contributed by atoms with van der Waals surface area (Å²) in [5, 5.41) is 8.58. The van der Waals surface area contributed by atoms with Gasteiger partial charge in [0.05, 0.1) is 18.0 Å². The number of carboxylic acids is 1. The molecule has 0 unspecified atom stereocenters. The molecule has 1 N–H and O–H groups in total. The molecule has 0 spiro atoms. The van der Waals surface area contributed by atoms with Gasteiger partial charge in [-0.3, -0.25) is 0 Å². The maximum atomic E-state index is 13.9. The topological polar surface area (TPSA) is 55.8 Å². The average molecular weight is 337 g/mol. The summed E-state index contributed by atoms with van der Waals surface area (Å²) in [6.07, 6.45) is 0.709. The first-order chi connectivity index (χ1) is 8.99. The highest BCUT2D eigenvalue weighted by molar-refractivity contribution is 9.09. The van der Waals surface area contributed by atoms with E-state index >= 15 is 0 Å². The number of halogens is 3. The number of carboxylic acid groups (broad SMARTS) is 1. The third kappa shape index (κ3) is 4.20. The van der Waals surface area contributed by atoms with Crippen molar-refractivity contribution in [2.24, 2.45) is 0 Å². The molecule has 0 amide bonds. The van der Waals surface area contributed by atoms with Crippen molar-refractivity contribution >= 4 is 21.9 Å². The summed E-state index contributed by atoms with van der Waals surface area (Å²) in [4.78, 5) is 10.5. The van der Waals surface area contributed by atoms with Gasteiger partial charge in [0.25, 0.3) is 0 Å². The molecule has 0 atom stereocenters. The summed E-state index contributed by atoms with van der Waals surface area (Å²) in [6.45, 7) is 1.86. The molecule has 0 fully saturated rings. The van der Waals surface area contributed by atoms with E-state index in [2.05, 4.69) is 15.9 Å². The van der Waals surface area contributed by atoms with Gasteiger partial charge in [0.2, 0.25) is 11.6 Å². The summed E-state index contributed by atoms with van der Waals surface area (Å²) in [5.74, 6) is -4.24. The molecule has 0 radical (unpaired) electrons. The molecule has 0 bridgehead atoms. The van der Waals surface area contributed by atoms with Gasteiger partial charge in [-0.2, -0.15) is 4.39 Å². The number of allylic oxidation sites excluding steroid dienone is 1. The molecule has 104 valence electrons. The lowest BCUT2D eigenvalue weighted by atomic mass is 10.3. The number of carbonyl (C=O) groups is 1. The molecule has 0 saturated heterocycles. The van der Waals surface area contributed by atoms with Gasteiger partial charge in [-0.05, 0) is 19.1 Å². The minimum absolute atomic E-state index is 0.00293. The molecule has 1 rings (SSSR count). The molecule has 1 aromatic carbocycles. The summed E-state index contributed by atoms with van der Waals surface area (Å²) >= 11 is 2.97. The maximum absolute atomic E-state index is 13.9. The zero-order valence-corrected chi connectivity index (χ0v) is 11.5. The Bertz CT molecular complexity index is 503. The summed E-state index contributed by atoms with van der Waals surface area (Å²) in [5.41, 5.74) is 0. The second-order valence-corrected chi connectivity index (χ2v) is 3.87. The molecule has 4 nitrogen and oxygen atoms in total. The number of rotatable bonds is 6. The molecule has 7 heteroatoms. The molecule has 0 aliphatic rings. The normalized spacial score (nSPS) is 11.3. The predicted molar refractivity (Wildman–Crippen MR) is 67.7 cm³/mol. The first kappa shape index (κ1) is 15.4. The van der Waals surface area contributed by atoms with E-state index in [9.17, 15) is 13.6 Å². The second kappa shape index (κ2) is 7.08. The van der Waals surface area contributed by atoms with Gasteiger partial charge in [0.1, 0.15) is 5.76 Å². The third-order valence-electron chi connectivity index (χ3n) is 1.96. The van der Waals surface area contributed by atoms with Crippen LogP contribution in [-0.4, -0.2) is 23.0 Å². The molecule has 0 heterocycles. The minimum Gasteiger partial charge on any atom is -0.491 e. The van der Waals surface area contributed by atoms with Crippen LogP contribution in [0.4, 0.5) is 8.78 Å². The Morgan fingerprint density at radius 1 is 1.47 bits per heavy atom.